The minimum absolute atomic E-state index is 0.539. The molecule has 1 aromatic carbocycles. The standard InChI is InChI=1S/C12H16BrNO/c1-8(7-14)4-9-5-10-2-3-15-12(10)11(13)6-9/h5-6,8H,2-4,7,14H2,1H3. The van der Waals surface area contributed by atoms with Gasteiger partial charge in [-0.25, -0.2) is 0 Å². The molecule has 2 rings (SSSR count). The lowest BCUT2D eigenvalue weighted by Crippen LogP contribution is -2.13. The van der Waals surface area contributed by atoms with Crippen LogP contribution in [0, 0.1) is 5.92 Å². The van der Waals surface area contributed by atoms with Gasteiger partial charge in [0.15, 0.2) is 0 Å². The van der Waals surface area contributed by atoms with Crippen LogP contribution in [0.4, 0.5) is 0 Å². The van der Waals surface area contributed by atoms with Crippen molar-refractivity contribution in [3.05, 3.63) is 27.7 Å². The quantitative estimate of drug-likeness (QED) is 0.916. The number of rotatable bonds is 3. The molecule has 0 bridgehead atoms. The van der Waals surface area contributed by atoms with Gasteiger partial charge in [0.1, 0.15) is 5.75 Å². The van der Waals surface area contributed by atoms with Gasteiger partial charge in [-0.1, -0.05) is 13.0 Å². The summed E-state index contributed by atoms with van der Waals surface area (Å²) < 4.78 is 6.62. The fourth-order valence-corrected chi connectivity index (χ4v) is 2.59. The molecule has 0 aromatic heterocycles. The summed E-state index contributed by atoms with van der Waals surface area (Å²) in [5.41, 5.74) is 8.31. The first kappa shape index (κ1) is 11.0. The molecule has 0 radical (unpaired) electrons. The van der Waals surface area contributed by atoms with E-state index >= 15 is 0 Å². The van der Waals surface area contributed by atoms with E-state index in [9.17, 15) is 0 Å². The highest BCUT2D eigenvalue weighted by Gasteiger charge is 2.16. The highest BCUT2D eigenvalue weighted by atomic mass is 79.9. The summed E-state index contributed by atoms with van der Waals surface area (Å²) in [5.74, 6) is 1.57. The van der Waals surface area contributed by atoms with Crippen LogP contribution in [0.25, 0.3) is 0 Å². The molecule has 2 N–H and O–H groups in total. The summed E-state index contributed by atoms with van der Waals surface area (Å²) >= 11 is 3.55. The molecular formula is C12H16BrNO. The zero-order valence-electron chi connectivity index (χ0n) is 8.92. The smallest absolute Gasteiger partial charge is 0.136 e. The lowest BCUT2D eigenvalue weighted by atomic mass is 9.99. The number of hydrogen-bond donors (Lipinski definition) is 1. The highest BCUT2D eigenvalue weighted by Crippen LogP contribution is 2.35. The second-order valence-corrected chi connectivity index (χ2v) is 5.06. The molecule has 0 aliphatic carbocycles. The first-order valence-corrected chi connectivity index (χ1v) is 6.14. The molecule has 0 saturated heterocycles. The van der Waals surface area contributed by atoms with Crippen LogP contribution < -0.4 is 10.5 Å². The van der Waals surface area contributed by atoms with E-state index in [1.807, 2.05) is 0 Å². The largest absolute Gasteiger partial charge is 0.492 e. The Morgan fingerprint density at radius 1 is 1.53 bits per heavy atom. The van der Waals surface area contributed by atoms with E-state index < -0.39 is 0 Å². The zero-order chi connectivity index (χ0) is 10.8. The molecular weight excluding hydrogens is 254 g/mol. The molecule has 1 heterocycles. The van der Waals surface area contributed by atoms with E-state index in [0.29, 0.717) is 5.92 Å². The fraction of sp³-hybridized carbons (Fsp3) is 0.500. The normalized spacial score (nSPS) is 15.9. The minimum atomic E-state index is 0.539. The summed E-state index contributed by atoms with van der Waals surface area (Å²) in [6, 6.07) is 4.40. The molecule has 1 unspecified atom stereocenters. The maximum Gasteiger partial charge on any atom is 0.136 e. The Morgan fingerprint density at radius 2 is 2.33 bits per heavy atom. The third-order valence-corrected chi connectivity index (χ3v) is 3.37. The molecule has 3 heteroatoms. The third kappa shape index (κ3) is 2.34. The first-order chi connectivity index (χ1) is 7.20. The van der Waals surface area contributed by atoms with Gasteiger partial charge in [-0.2, -0.15) is 0 Å². The van der Waals surface area contributed by atoms with Crippen molar-refractivity contribution >= 4 is 15.9 Å². The van der Waals surface area contributed by atoms with Gasteiger partial charge in [0.2, 0.25) is 0 Å². The predicted molar refractivity (Wildman–Crippen MR) is 65.3 cm³/mol. The van der Waals surface area contributed by atoms with Gasteiger partial charge in [0.25, 0.3) is 0 Å². The topological polar surface area (TPSA) is 35.2 Å². The number of hydrogen-bond acceptors (Lipinski definition) is 2. The van der Waals surface area contributed by atoms with Crippen LogP contribution >= 0.6 is 15.9 Å². The molecule has 0 fully saturated rings. The molecule has 1 atom stereocenters. The van der Waals surface area contributed by atoms with E-state index in [2.05, 4.69) is 35.0 Å². The maximum absolute atomic E-state index is 5.63. The van der Waals surface area contributed by atoms with Gasteiger partial charge >= 0.3 is 0 Å². The lowest BCUT2D eigenvalue weighted by Gasteiger charge is -2.10. The number of benzene rings is 1. The van der Waals surface area contributed by atoms with Crippen LogP contribution in [0.1, 0.15) is 18.1 Å². The van der Waals surface area contributed by atoms with Gasteiger partial charge in [-0.05, 0) is 52.0 Å². The van der Waals surface area contributed by atoms with Crippen LogP contribution in [-0.4, -0.2) is 13.2 Å². The van der Waals surface area contributed by atoms with Crippen molar-refractivity contribution in [1.82, 2.24) is 0 Å². The van der Waals surface area contributed by atoms with Crippen LogP contribution in [0.5, 0.6) is 5.75 Å². The predicted octanol–water partition coefficient (Wildman–Crippen LogP) is 2.52. The van der Waals surface area contributed by atoms with Crippen molar-refractivity contribution in [3.63, 3.8) is 0 Å². The lowest BCUT2D eigenvalue weighted by molar-refractivity contribution is 0.355. The maximum atomic E-state index is 5.63. The van der Waals surface area contributed by atoms with Gasteiger partial charge in [0.05, 0.1) is 11.1 Å². The van der Waals surface area contributed by atoms with Crippen molar-refractivity contribution in [2.24, 2.45) is 11.7 Å². The number of nitrogens with two attached hydrogens (primary N) is 1. The van der Waals surface area contributed by atoms with Crippen LogP contribution in [-0.2, 0) is 12.8 Å². The number of halogens is 1. The van der Waals surface area contributed by atoms with Crippen LogP contribution in [0.2, 0.25) is 0 Å². The number of ether oxygens (including phenoxy) is 1. The molecule has 1 aliphatic heterocycles. The molecule has 1 aromatic rings. The Bertz CT molecular complexity index is 365. The summed E-state index contributed by atoms with van der Waals surface area (Å²) in [6.45, 7) is 3.73. The number of fused-ring (bicyclic) bond motifs is 1. The molecule has 82 valence electrons. The van der Waals surface area contributed by atoms with Crippen LogP contribution in [0.3, 0.4) is 0 Å². The highest BCUT2D eigenvalue weighted by molar-refractivity contribution is 9.10. The molecule has 0 amide bonds. The Balaban J connectivity index is 2.23. The van der Waals surface area contributed by atoms with E-state index in [1.54, 1.807) is 0 Å². The molecule has 0 spiro atoms. The summed E-state index contributed by atoms with van der Waals surface area (Å²) in [4.78, 5) is 0. The average molecular weight is 270 g/mol. The summed E-state index contributed by atoms with van der Waals surface area (Å²) in [7, 11) is 0. The minimum Gasteiger partial charge on any atom is -0.492 e. The Labute approximate surface area is 98.9 Å². The van der Waals surface area contributed by atoms with Crippen molar-refractivity contribution in [2.45, 2.75) is 19.8 Å². The zero-order valence-corrected chi connectivity index (χ0v) is 10.5. The van der Waals surface area contributed by atoms with E-state index in [0.717, 1.165) is 36.2 Å². The Hall–Kier alpha value is -0.540. The molecule has 0 saturated carbocycles. The van der Waals surface area contributed by atoms with Gasteiger partial charge in [0, 0.05) is 6.42 Å². The average Bonchev–Trinajstić information content (AvgIpc) is 2.66. The first-order valence-electron chi connectivity index (χ1n) is 5.35. The Morgan fingerprint density at radius 3 is 3.07 bits per heavy atom. The van der Waals surface area contributed by atoms with E-state index in [1.165, 1.54) is 11.1 Å². The van der Waals surface area contributed by atoms with Gasteiger partial charge < -0.3 is 10.5 Å². The second-order valence-electron chi connectivity index (χ2n) is 4.21. The molecule has 2 nitrogen and oxygen atoms in total. The van der Waals surface area contributed by atoms with Crippen molar-refractivity contribution in [1.29, 1.82) is 0 Å². The summed E-state index contributed by atoms with van der Waals surface area (Å²) in [6.07, 6.45) is 2.07. The van der Waals surface area contributed by atoms with Gasteiger partial charge in [-0.3, -0.25) is 0 Å². The monoisotopic (exact) mass is 269 g/mol. The van der Waals surface area contributed by atoms with Crippen molar-refractivity contribution in [3.8, 4) is 5.75 Å². The van der Waals surface area contributed by atoms with E-state index in [-0.39, 0.29) is 0 Å². The second kappa shape index (κ2) is 4.54. The van der Waals surface area contributed by atoms with Crippen LogP contribution in [0.15, 0.2) is 16.6 Å². The van der Waals surface area contributed by atoms with E-state index in [4.69, 9.17) is 10.5 Å². The molecule has 1 aliphatic rings. The Kier molecular flexibility index (Phi) is 3.32. The molecule has 15 heavy (non-hydrogen) atoms. The van der Waals surface area contributed by atoms with Crippen molar-refractivity contribution in [2.75, 3.05) is 13.2 Å². The van der Waals surface area contributed by atoms with Crippen molar-refractivity contribution < 1.29 is 4.74 Å². The SMILES string of the molecule is CC(CN)Cc1cc(Br)c2c(c1)CCO2. The van der Waals surface area contributed by atoms with Gasteiger partial charge in [-0.15, -0.1) is 0 Å². The third-order valence-electron chi connectivity index (χ3n) is 2.78. The fourth-order valence-electron chi connectivity index (χ4n) is 1.93. The summed E-state index contributed by atoms with van der Waals surface area (Å²) in [5, 5.41) is 0.